The average Bonchev–Trinajstić information content (AvgIpc) is 4.01. The number of aliphatic hydroxyl groups is 2. The predicted molar refractivity (Wildman–Crippen MR) is 213 cm³/mol. The number of amides is 6. The molecule has 5 aromatic rings. The fourth-order valence-corrected chi connectivity index (χ4v) is 7.79. The molecule has 3 heterocycles. The molecule has 14 heteroatoms. The summed E-state index contributed by atoms with van der Waals surface area (Å²) in [5.74, 6) is -0.0683. The molecule has 0 saturated carbocycles. The maximum Gasteiger partial charge on any atom is 0.319 e. The van der Waals surface area contributed by atoms with Crippen LogP contribution < -0.4 is 21.3 Å². The fourth-order valence-electron chi connectivity index (χ4n) is 7.79. The fraction of sp³-hybridized carbons (Fsp3) is 0.279. The zero-order valence-electron chi connectivity index (χ0n) is 31.7. The van der Waals surface area contributed by atoms with Gasteiger partial charge in [0.25, 0.3) is 11.8 Å². The Bertz CT molecular complexity index is 2090. The molecule has 2 aliphatic heterocycles. The molecule has 57 heavy (non-hydrogen) atoms. The van der Waals surface area contributed by atoms with Crippen LogP contribution in [0.25, 0.3) is 22.8 Å². The number of rotatable bonds is 10. The number of likely N-dealkylation sites (tertiary alicyclic amines) is 2. The second-order valence-electron chi connectivity index (χ2n) is 14.8. The van der Waals surface area contributed by atoms with Gasteiger partial charge in [-0.15, -0.1) is 0 Å². The third-order valence-corrected chi connectivity index (χ3v) is 10.9. The van der Waals surface area contributed by atoms with Crippen molar-refractivity contribution in [2.45, 2.75) is 50.0 Å². The SMILES string of the molecule is CC(O)(C(=O)N1CC[C@@H](N(C(N)=O)c2ccc(-c3cnc(-c4ccc(N(C(N)=O)[C@@H]5CCN(C(=O)C(C)(O)c6ccccc6)C5)cc4)o3)cc2)C1)c1ccccc1. The molecule has 0 aliphatic carbocycles. The maximum absolute atomic E-state index is 13.4. The summed E-state index contributed by atoms with van der Waals surface area (Å²) in [6.45, 7) is 4.08. The van der Waals surface area contributed by atoms with Crippen molar-refractivity contribution in [3.8, 4) is 22.8 Å². The lowest BCUT2D eigenvalue weighted by atomic mass is 9.94. The van der Waals surface area contributed by atoms with E-state index in [0.717, 1.165) is 0 Å². The van der Waals surface area contributed by atoms with E-state index < -0.39 is 41.1 Å². The lowest BCUT2D eigenvalue weighted by molar-refractivity contribution is -0.149. The van der Waals surface area contributed by atoms with Crippen LogP contribution in [0.2, 0.25) is 0 Å². The maximum atomic E-state index is 13.4. The number of carbonyl (C=O) groups excluding carboxylic acids is 4. The first-order valence-corrected chi connectivity index (χ1v) is 18.7. The number of nitrogens with two attached hydrogens (primary N) is 2. The summed E-state index contributed by atoms with van der Waals surface area (Å²) < 4.78 is 6.11. The van der Waals surface area contributed by atoms with Gasteiger partial charge in [0.1, 0.15) is 0 Å². The van der Waals surface area contributed by atoms with Crippen molar-refractivity contribution in [1.29, 1.82) is 0 Å². The van der Waals surface area contributed by atoms with E-state index in [4.69, 9.17) is 15.9 Å². The van der Waals surface area contributed by atoms with Gasteiger partial charge in [-0.25, -0.2) is 14.6 Å². The first kappa shape index (κ1) is 38.8. The van der Waals surface area contributed by atoms with Crippen molar-refractivity contribution in [2.75, 3.05) is 36.0 Å². The molecule has 6 N–H and O–H groups in total. The number of hydrogen-bond donors (Lipinski definition) is 4. The van der Waals surface area contributed by atoms with E-state index in [9.17, 15) is 29.4 Å². The molecule has 294 valence electrons. The molecule has 0 bridgehead atoms. The molecule has 0 spiro atoms. The van der Waals surface area contributed by atoms with Gasteiger partial charge in [-0.1, -0.05) is 60.7 Å². The Morgan fingerprint density at radius 1 is 0.649 bits per heavy atom. The summed E-state index contributed by atoms with van der Waals surface area (Å²) in [6, 6.07) is 29.5. The smallest absolute Gasteiger partial charge is 0.319 e. The molecular weight excluding hydrogens is 727 g/mol. The molecular formula is C43H45N7O7. The van der Waals surface area contributed by atoms with Crippen molar-refractivity contribution in [3.05, 3.63) is 127 Å². The summed E-state index contributed by atoms with van der Waals surface area (Å²) in [7, 11) is 0. The highest BCUT2D eigenvalue weighted by Crippen LogP contribution is 2.33. The summed E-state index contributed by atoms with van der Waals surface area (Å²) in [6.07, 6.45) is 2.56. The highest BCUT2D eigenvalue weighted by Gasteiger charge is 2.42. The topological polar surface area (TPSA) is 200 Å². The van der Waals surface area contributed by atoms with Gasteiger partial charge >= 0.3 is 12.1 Å². The standard InChI is InChI=1S/C43H45N7O7/c1-42(55,30-9-5-3-6-10-30)38(51)47-23-21-34(26-47)49(40(44)53)32-17-13-28(14-18-32)36-25-46-37(57-36)29-15-19-33(20-16-29)50(41(45)54)35-22-24-48(27-35)39(52)43(2,56)31-11-7-4-8-12-31/h3-20,25,34-35,55-56H,21-24,26-27H2,1-2H3,(H2,44,53)(H2,45,54)/t34-,35-,42?,43?/m1/s1. The van der Waals surface area contributed by atoms with E-state index in [1.165, 1.54) is 23.6 Å². The van der Waals surface area contributed by atoms with E-state index in [1.54, 1.807) is 113 Å². The number of primary amides is 2. The molecule has 2 unspecified atom stereocenters. The number of hydrogen-bond acceptors (Lipinski definition) is 8. The summed E-state index contributed by atoms with van der Waals surface area (Å²) in [4.78, 5) is 62.6. The van der Waals surface area contributed by atoms with Crippen LogP contribution in [0.3, 0.4) is 0 Å². The van der Waals surface area contributed by atoms with Crippen molar-refractivity contribution in [3.63, 3.8) is 0 Å². The van der Waals surface area contributed by atoms with Gasteiger partial charge in [-0.05, 0) is 86.3 Å². The lowest BCUT2D eigenvalue weighted by Crippen LogP contribution is -2.48. The molecule has 2 saturated heterocycles. The lowest BCUT2D eigenvalue weighted by Gasteiger charge is -2.30. The largest absolute Gasteiger partial charge is 0.436 e. The second kappa shape index (κ2) is 15.6. The van der Waals surface area contributed by atoms with E-state index in [2.05, 4.69) is 4.98 Å². The van der Waals surface area contributed by atoms with Crippen LogP contribution in [0.1, 0.15) is 37.8 Å². The first-order chi connectivity index (χ1) is 27.3. The minimum absolute atomic E-state index is 0.211. The van der Waals surface area contributed by atoms with Crippen molar-refractivity contribution < 1.29 is 33.8 Å². The van der Waals surface area contributed by atoms with E-state index in [1.807, 2.05) is 12.1 Å². The number of aromatic nitrogens is 1. The Morgan fingerprint density at radius 3 is 1.46 bits per heavy atom. The highest BCUT2D eigenvalue weighted by atomic mass is 16.4. The van der Waals surface area contributed by atoms with Crippen LogP contribution in [0.15, 0.2) is 120 Å². The zero-order valence-corrected chi connectivity index (χ0v) is 31.7. The van der Waals surface area contributed by atoms with Gasteiger partial charge in [0, 0.05) is 48.7 Å². The van der Waals surface area contributed by atoms with Crippen LogP contribution in [0, 0.1) is 0 Å². The van der Waals surface area contributed by atoms with Crippen molar-refractivity contribution in [2.24, 2.45) is 11.5 Å². The summed E-state index contributed by atoms with van der Waals surface area (Å²) in [5.41, 5.74) is 11.7. The van der Waals surface area contributed by atoms with E-state index >= 15 is 0 Å². The van der Waals surface area contributed by atoms with Crippen LogP contribution in [0.4, 0.5) is 21.0 Å². The summed E-state index contributed by atoms with van der Waals surface area (Å²) >= 11 is 0. The normalized spacial score (nSPS) is 18.7. The average molecular weight is 772 g/mol. The molecule has 6 amide bonds. The molecule has 1 aromatic heterocycles. The number of benzene rings is 4. The summed E-state index contributed by atoms with van der Waals surface area (Å²) in [5, 5.41) is 22.2. The monoisotopic (exact) mass is 771 g/mol. The van der Waals surface area contributed by atoms with Crippen LogP contribution in [-0.4, -0.2) is 87.1 Å². The highest BCUT2D eigenvalue weighted by molar-refractivity contribution is 5.93. The quantitative estimate of drug-likeness (QED) is 0.155. The van der Waals surface area contributed by atoms with Crippen LogP contribution >= 0.6 is 0 Å². The third kappa shape index (κ3) is 7.69. The van der Waals surface area contributed by atoms with Gasteiger partial charge in [-0.2, -0.15) is 0 Å². The first-order valence-electron chi connectivity index (χ1n) is 18.7. The molecule has 2 fully saturated rings. The minimum atomic E-state index is -1.72. The Labute approximate surface area is 329 Å². The Hall–Kier alpha value is -6.51. The minimum Gasteiger partial charge on any atom is -0.436 e. The zero-order chi connectivity index (χ0) is 40.5. The molecule has 2 aliphatic rings. The van der Waals surface area contributed by atoms with Crippen molar-refractivity contribution >= 4 is 35.3 Å². The molecule has 4 atom stereocenters. The van der Waals surface area contributed by atoms with Gasteiger partial charge in [0.05, 0.1) is 18.3 Å². The van der Waals surface area contributed by atoms with Crippen molar-refractivity contribution in [1.82, 2.24) is 14.8 Å². The number of nitrogens with zero attached hydrogens (tertiary/aromatic N) is 5. The Morgan fingerprint density at radius 2 is 1.05 bits per heavy atom. The number of oxazole rings is 1. The Balaban J connectivity index is 1.00. The van der Waals surface area contributed by atoms with E-state index in [-0.39, 0.29) is 19.1 Å². The molecule has 7 rings (SSSR count). The molecule has 4 aromatic carbocycles. The second-order valence-corrected chi connectivity index (χ2v) is 14.8. The number of urea groups is 2. The van der Waals surface area contributed by atoms with Crippen LogP contribution in [0.5, 0.6) is 0 Å². The molecule has 14 nitrogen and oxygen atoms in total. The third-order valence-electron chi connectivity index (χ3n) is 10.9. The van der Waals surface area contributed by atoms with Gasteiger partial charge in [0.2, 0.25) is 5.89 Å². The van der Waals surface area contributed by atoms with Gasteiger partial charge in [0.15, 0.2) is 17.0 Å². The number of anilines is 2. The molecule has 0 radical (unpaired) electrons. The van der Waals surface area contributed by atoms with Gasteiger partial charge in [-0.3, -0.25) is 19.4 Å². The van der Waals surface area contributed by atoms with Gasteiger partial charge < -0.3 is 35.9 Å². The van der Waals surface area contributed by atoms with Crippen LogP contribution in [-0.2, 0) is 20.8 Å². The van der Waals surface area contributed by atoms with E-state index in [0.29, 0.717) is 71.2 Å². The number of carbonyl (C=O) groups is 4. The Kier molecular flexibility index (Phi) is 10.6. The predicted octanol–water partition coefficient (Wildman–Crippen LogP) is 4.80.